The van der Waals surface area contributed by atoms with Crippen LogP contribution < -0.4 is 5.32 Å². The van der Waals surface area contributed by atoms with E-state index >= 15 is 0 Å². The van der Waals surface area contributed by atoms with Gasteiger partial charge in [0.25, 0.3) is 0 Å². The molecule has 3 atom stereocenters. The van der Waals surface area contributed by atoms with Gasteiger partial charge in [-0.1, -0.05) is 19.9 Å². The number of nitrogens with zero attached hydrogens (tertiary/aromatic N) is 1. The second-order valence-corrected chi connectivity index (χ2v) is 8.39. The van der Waals surface area contributed by atoms with Crippen LogP contribution in [-0.2, 0) is 6.54 Å². The molecule has 0 saturated heterocycles. The van der Waals surface area contributed by atoms with Gasteiger partial charge in [0.2, 0.25) is 0 Å². The molecule has 2 saturated carbocycles. The van der Waals surface area contributed by atoms with Crippen molar-refractivity contribution >= 4 is 17.4 Å². The maximum atomic E-state index is 12.9. The maximum absolute atomic E-state index is 12.9. The normalized spacial score (nSPS) is 23.3. The lowest BCUT2D eigenvalue weighted by Gasteiger charge is -2.25. The molecule has 25 heavy (non-hydrogen) atoms. The number of nitrogens with one attached hydrogen (secondary N) is 1. The number of carbonyl (C=O) groups is 1. The number of hydrogen-bond acceptors (Lipinski definition) is 3. The van der Waals surface area contributed by atoms with Gasteiger partial charge in [0.05, 0.1) is 12.6 Å². The summed E-state index contributed by atoms with van der Waals surface area (Å²) in [5.74, 6) is 3.31. The molecule has 2 aliphatic carbocycles. The number of hydrogen-bond donors (Lipinski definition) is 1. The molecule has 0 spiro atoms. The molecule has 0 aliphatic heterocycles. The summed E-state index contributed by atoms with van der Waals surface area (Å²) in [4.78, 5) is 16.0. The summed E-state index contributed by atoms with van der Waals surface area (Å²) < 4.78 is 6.02. The Hall–Kier alpha value is -1.75. The zero-order valence-electron chi connectivity index (χ0n) is 14.9. The summed E-state index contributed by atoms with van der Waals surface area (Å²) in [6.45, 7) is 4.94. The lowest BCUT2D eigenvalue weighted by atomic mass is 10.2. The molecule has 3 unspecified atom stereocenters. The molecule has 2 amide bonds. The first-order valence-electron chi connectivity index (χ1n) is 9.34. The Kier molecular flexibility index (Phi) is 4.59. The smallest absolute Gasteiger partial charge is 0.318 e. The largest absolute Gasteiger partial charge is 0.464 e. The molecular weight excluding hydrogens is 332 g/mol. The van der Waals surface area contributed by atoms with Gasteiger partial charge < -0.3 is 14.6 Å². The van der Waals surface area contributed by atoms with E-state index in [2.05, 4.69) is 36.7 Å². The van der Waals surface area contributed by atoms with E-state index in [0.717, 1.165) is 36.7 Å². The van der Waals surface area contributed by atoms with Crippen LogP contribution in [0.25, 0.3) is 0 Å². The van der Waals surface area contributed by atoms with Crippen molar-refractivity contribution in [3.63, 3.8) is 0 Å². The van der Waals surface area contributed by atoms with Crippen molar-refractivity contribution in [2.45, 2.75) is 64.1 Å². The van der Waals surface area contributed by atoms with Gasteiger partial charge >= 0.3 is 6.03 Å². The number of rotatable bonds is 7. The summed E-state index contributed by atoms with van der Waals surface area (Å²) >= 11 is 1.70. The number of thiophene rings is 1. The van der Waals surface area contributed by atoms with Crippen LogP contribution in [0.1, 0.15) is 67.9 Å². The minimum absolute atomic E-state index is 0.0282. The van der Waals surface area contributed by atoms with Crippen molar-refractivity contribution < 1.29 is 9.21 Å². The second kappa shape index (κ2) is 6.87. The minimum atomic E-state index is 0.0282. The fourth-order valence-corrected chi connectivity index (χ4v) is 4.28. The third-order valence-corrected chi connectivity index (χ3v) is 6.31. The molecular formula is C20H26N2O2S. The van der Waals surface area contributed by atoms with Crippen molar-refractivity contribution in [3.05, 3.63) is 46.0 Å². The molecule has 2 heterocycles. The highest BCUT2D eigenvalue weighted by atomic mass is 32.1. The number of furan rings is 1. The van der Waals surface area contributed by atoms with Crippen LogP contribution in [0, 0.1) is 5.92 Å². The van der Waals surface area contributed by atoms with E-state index in [-0.39, 0.29) is 12.1 Å². The molecule has 2 aliphatic rings. The van der Waals surface area contributed by atoms with Gasteiger partial charge in [-0.2, -0.15) is 0 Å². The van der Waals surface area contributed by atoms with Crippen LogP contribution in [-0.4, -0.2) is 17.0 Å². The molecule has 0 aromatic carbocycles. The summed E-state index contributed by atoms with van der Waals surface area (Å²) in [6, 6.07) is 8.74. The molecule has 5 heteroatoms. The highest BCUT2D eigenvalue weighted by Crippen LogP contribution is 2.47. The average molecular weight is 359 g/mol. The zero-order chi connectivity index (χ0) is 17.4. The summed E-state index contributed by atoms with van der Waals surface area (Å²) in [5.41, 5.74) is 0. The average Bonchev–Trinajstić information content (AvgIpc) is 3.46. The zero-order valence-corrected chi connectivity index (χ0v) is 15.7. The molecule has 2 fully saturated rings. The van der Waals surface area contributed by atoms with Crippen LogP contribution in [0.5, 0.6) is 0 Å². The number of urea groups is 1. The monoisotopic (exact) mass is 358 g/mol. The summed E-state index contributed by atoms with van der Waals surface area (Å²) in [5, 5.41) is 5.28. The Morgan fingerprint density at radius 1 is 1.40 bits per heavy atom. The molecule has 134 valence electrons. The van der Waals surface area contributed by atoms with Crippen molar-refractivity contribution in [1.29, 1.82) is 0 Å². The Morgan fingerprint density at radius 3 is 2.80 bits per heavy atom. The lowest BCUT2D eigenvalue weighted by molar-refractivity contribution is 0.182. The van der Waals surface area contributed by atoms with E-state index in [1.54, 1.807) is 11.3 Å². The van der Waals surface area contributed by atoms with Crippen LogP contribution >= 0.6 is 11.3 Å². The Balaban J connectivity index is 1.42. The molecule has 0 radical (unpaired) electrons. The van der Waals surface area contributed by atoms with E-state index in [0.29, 0.717) is 18.5 Å². The maximum Gasteiger partial charge on any atom is 0.318 e. The summed E-state index contributed by atoms with van der Waals surface area (Å²) in [7, 11) is 0. The molecule has 1 N–H and O–H groups in total. The predicted octanol–water partition coefficient (Wildman–Crippen LogP) is 5.29. The third-order valence-electron chi connectivity index (χ3n) is 5.32. The quantitative estimate of drug-likeness (QED) is 0.731. The first-order valence-corrected chi connectivity index (χ1v) is 10.2. The van der Waals surface area contributed by atoms with E-state index in [1.807, 2.05) is 17.0 Å². The van der Waals surface area contributed by atoms with Gasteiger partial charge in [-0.15, -0.1) is 11.3 Å². The van der Waals surface area contributed by atoms with Crippen molar-refractivity contribution in [1.82, 2.24) is 10.2 Å². The minimum Gasteiger partial charge on any atom is -0.464 e. The van der Waals surface area contributed by atoms with Gasteiger partial charge in [0, 0.05) is 16.8 Å². The fourth-order valence-electron chi connectivity index (χ4n) is 3.41. The van der Waals surface area contributed by atoms with Gasteiger partial charge in [0.1, 0.15) is 11.5 Å². The topological polar surface area (TPSA) is 45.5 Å². The van der Waals surface area contributed by atoms with E-state index < -0.39 is 0 Å². The lowest BCUT2D eigenvalue weighted by Crippen LogP contribution is -2.42. The second-order valence-electron chi connectivity index (χ2n) is 7.41. The van der Waals surface area contributed by atoms with Crippen LogP contribution in [0.2, 0.25) is 0 Å². The SMILES string of the molecule is CCC(NC(=O)N(Cc1ccc(C2CC2C)o1)C1CC1)c1cccs1. The number of amides is 2. The molecule has 4 rings (SSSR count). The van der Waals surface area contributed by atoms with Gasteiger partial charge in [-0.3, -0.25) is 0 Å². The third kappa shape index (κ3) is 3.76. The van der Waals surface area contributed by atoms with Crippen LogP contribution in [0.15, 0.2) is 34.1 Å². The van der Waals surface area contributed by atoms with Crippen LogP contribution in [0.3, 0.4) is 0 Å². The van der Waals surface area contributed by atoms with Gasteiger partial charge in [0.15, 0.2) is 0 Å². The predicted molar refractivity (Wildman–Crippen MR) is 99.7 cm³/mol. The first kappa shape index (κ1) is 16.7. The van der Waals surface area contributed by atoms with Crippen molar-refractivity contribution in [3.8, 4) is 0 Å². The standard InChI is InChI=1S/C20H26N2O2S/c1-3-17(19-5-4-10-25-19)21-20(23)22(14-6-7-14)12-15-8-9-18(24-15)16-11-13(16)2/h4-5,8-10,13-14,16-17H,3,6-7,11-12H2,1-2H3,(H,21,23). The van der Waals surface area contributed by atoms with E-state index in [1.165, 1.54) is 11.3 Å². The highest BCUT2D eigenvalue weighted by molar-refractivity contribution is 7.10. The van der Waals surface area contributed by atoms with Gasteiger partial charge in [-0.05, 0) is 55.2 Å². The van der Waals surface area contributed by atoms with E-state index in [4.69, 9.17) is 4.42 Å². The van der Waals surface area contributed by atoms with Crippen LogP contribution in [0.4, 0.5) is 4.79 Å². The Labute approximate surface area is 153 Å². The molecule has 0 bridgehead atoms. The molecule has 2 aromatic rings. The molecule has 4 nitrogen and oxygen atoms in total. The Bertz CT molecular complexity index is 720. The van der Waals surface area contributed by atoms with Crippen molar-refractivity contribution in [2.75, 3.05) is 0 Å². The fraction of sp³-hybridized carbons (Fsp3) is 0.550. The van der Waals surface area contributed by atoms with Crippen molar-refractivity contribution in [2.24, 2.45) is 5.92 Å². The highest BCUT2D eigenvalue weighted by Gasteiger charge is 2.37. The van der Waals surface area contributed by atoms with Gasteiger partial charge in [-0.25, -0.2) is 4.79 Å². The Morgan fingerprint density at radius 2 is 2.20 bits per heavy atom. The first-order chi connectivity index (χ1) is 12.2. The van der Waals surface area contributed by atoms with E-state index in [9.17, 15) is 4.79 Å². The number of carbonyl (C=O) groups excluding carboxylic acids is 1. The molecule has 2 aromatic heterocycles. The summed E-state index contributed by atoms with van der Waals surface area (Å²) in [6.07, 6.45) is 4.31.